The summed E-state index contributed by atoms with van der Waals surface area (Å²) in [6, 6.07) is 3.81. The molecule has 0 aromatic heterocycles. The van der Waals surface area contributed by atoms with Crippen molar-refractivity contribution in [3.8, 4) is 0 Å². The zero-order valence-corrected chi connectivity index (χ0v) is 15.2. The minimum atomic E-state index is -0.521. The van der Waals surface area contributed by atoms with Gasteiger partial charge in [0.2, 0.25) is 5.91 Å². The van der Waals surface area contributed by atoms with E-state index in [0.717, 1.165) is 32.4 Å². The van der Waals surface area contributed by atoms with Crippen molar-refractivity contribution in [1.82, 2.24) is 15.5 Å². The molecule has 2 amide bonds. The van der Waals surface area contributed by atoms with Crippen LogP contribution in [0.15, 0.2) is 18.2 Å². The molecule has 25 heavy (non-hydrogen) atoms. The molecule has 1 saturated heterocycles. The van der Waals surface area contributed by atoms with Crippen LogP contribution in [0.25, 0.3) is 0 Å². The van der Waals surface area contributed by atoms with Crippen LogP contribution in [0, 0.1) is 11.7 Å². The Labute approximate surface area is 152 Å². The maximum atomic E-state index is 13.3. The van der Waals surface area contributed by atoms with Gasteiger partial charge in [0.15, 0.2) is 0 Å². The van der Waals surface area contributed by atoms with E-state index >= 15 is 0 Å². The van der Waals surface area contributed by atoms with Crippen molar-refractivity contribution in [2.24, 2.45) is 5.92 Å². The van der Waals surface area contributed by atoms with Gasteiger partial charge in [-0.15, -0.1) is 0 Å². The lowest BCUT2D eigenvalue weighted by Crippen LogP contribution is -2.43. The molecule has 0 atom stereocenters. The fourth-order valence-electron chi connectivity index (χ4n) is 2.90. The average molecular weight is 370 g/mol. The summed E-state index contributed by atoms with van der Waals surface area (Å²) in [5, 5.41) is 5.93. The lowest BCUT2D eigenvalue weighted by molar-refractivity contribution is -0.122. The zero-order chi connectivity index (χ0) is 18.2. The number of halogens is 2. The fraction of sp³-hybridized carbons (Fsp3) is 0.556. The van der Waals surface area contributed by atoms with Crippen molar-refractivity contribution in [1.29, 1.82) is 0 Å². The van der Waals surface area contributed by atoms with Crippen molar-refractivity contribution in [2.45, 2.75) is 26.2 Å². The molecule has 0 saturated carbocycles. The van der Waals surface area contributed by atoms with Gasteiger partial charge < -0.3 is 10.6 Å². The van der Waals surface area contributed by atoms with Crippen LogP contribution in [0.5, 0.6) is 0 Å². The summed E-state index contributed by atoms with van der Waals surface area (Å²) >= 11 is 5.77. The van der Waals surface area contributed by atoms with Gasteiger partial charge in [-0.3, -0.25) is 14.5 Å². The Hall–Kier alpha value is -1.66. The molecule has 0 spiro atoms. The van der Waals surface area contributed by atoms with Crippen LogP contribution in [0.1, 0.15) is 36.5 Å². The summed E-state index contributed by atoms with van der Waals surface area (Å²) in [4.78, 5) is 26.0. The molecule has 5 nitrogen and oxygen atoms in total. The van der Waals surface area contributed by atoms with Gasteiger partial charge in [-0.1, -0.05) is 18.5 Å². The van der Waals surface area contributed by atoms with E-state index in [1.165, 1.54) is 18.2 Å². The number of hydrogen-bond acceptors (Lipinski definition) is 3. The molecule has 0 unspecified atom stereocenters. The van der Waals surface area contributed by atoms with Gasteiger partial charge in [0.25, 0.3) is 5.91 Å². The molecule has 0 radical (unpaired) electrons. The number of carbonyl (C=O) groups is 2. The van der Waals surface area contributed by atoms with Crippen molar-refractivity contribution < 1.29 is 14.0 Å². The number of rotatable bonds is 7. The quantitative estimate of drug-likeness (QED) is 0.776. The molecule has 138 valence electrons. The van der Waals surface area contributed by atoms with E-state index in [0.29, 0.717) is 25.6 Å². The van der Waals surface area contributed by atoms with E-state index in [9.17, 15) is 14.0 Å². The second-order valence-electron chi connectivity index (χ2n) is 6.44. The molecule has 2 N–H and O–H groups in total. The molecule has 1 aromatic rings. The van der Waals surface area contributed by atoms with Crippen LogP contribution in [-0.2, 0) is 4.79 Å². The van der Waals surface area contributed by atoms with Crippen molar-refractivity contribution in [3.63, 3.8) is 0 Å². The third-order valence-electron chi connectivity index (χ3n) is 4.32. The Balaban J connectivity index is 1.71. The lowest BCUT2D eigenvalue weighted by atomic mass is 9.96. The summed E-state index contributed by atoms with van der Waals surface area (Å²) in [5.41, 5.74) is 0.232. The number of likely N-dealkylation sites (tertiary alicyclic amines) is 1. The first-order chi connectivity index (χ1) is 12.0. The first-order valence-electron chi connectivity index (χ1n) is 8.71. The monoisotopic (exact) mass is 369 g/mol. The van der Waals surface area contributed by atoms with Crippen LogP contribution in [0.3, 0.4) is 0 Å². The highest BCUT2D eigenvalue weighted by Crippen LogP contribution is 2.17. The third-order valence-corrected chi connectivity index (χ3v) is 4.54. The van der Waals surface area contributed by atoms with Crippen molar-refractivity contribution >= 4 is 23.4 Å². The maximum Gasteiger partial charge on any atom is 0.251 e. The van der Waals surface area contributed by atoms with Gasteiger partial charge in [0, 0.05) is 23.7 Å². The fourth-order valence-corrected chi connectivity index (χ4v) is 3.12. The predicted octanol–water partition coefficient (Wildman–Crippen LogP) is 2.45. The third kappa shape index (κ3) is 6.63. The van der Waals surface area contributed by atoms with E-state index in [1.54, 1.807) is 0 Å². The number of benzene rings is 1. The van der Waals surface area contributed by atoms with E-state index in [-0.39, 0.29) is 22.4 Å². The van der Waals surface area contributed by atoms with E-state index < -0.39 is 5.82 Å². The highest BCUT2D eigenvalue weighted by molar-refractivity contribution is 6.31. The van der Waals surface area contributed by atoms with Gasteiger partial charge in [-0.25, -0.2) is 4.39 Å². The number of amides is 2. The van der Waals surface area contributed by atoms with Crippen LogP contribution in [0.2, 0.25) is 5.02 Å². The molecular formula is C18H25ClFN3O2. The standard InChI is InChI=1S/C18H25ClFN3O2/c1-2-5-21-17(24)12-23-6-3-13(4-7-23)11-22-18(25)14-8-15(19)10-16(20)9-14/h8-10,13H,2-7,11-12H2,1H3,(H,21,24)(H,22,25). The summed E-state index contributed by atoms with van der Waals surface area (Å²) in [7, 11) is 0. The summed E-state index contributed by atoms with van der Waals surface area (Å²) in [5.74, 6) is -0.408. The molecule has 1 aliphatic heterocycles. The summed E-state index contributed by atoms with van der Waals surface area (Å²) in [6.07, 6.45) is 2.78. The Morgan fingerprint density at radius 1 is 1.24 bits per heavy atom. The van der Waals surface area contributed by atoms with Crippen LogP contribution >= 0.6 is 11.6 Å². The smallest absolute Gasteiger partial charge is 0.251 e. The van der Waals surface area contributed by atoms with E-state index in [4.69, 9.17) is 11.6 Å². The number of nitrogens with zero attached hydrogens (tertiary/aromatic N) is 1. The lowest BCUT2D eigenvalue weighted by Gasteiger charge is -2.31. The number of piperidine rings is 1. The minimum absolute atomic E-state index is 0.0663. The first-order valence-corrected chi connectivity index (χ1v) is 9.09. The largest absolute Gasteiger partial charge is 0.355 e. The SMILES string of the molecule is CCCNC(=O)CN1CCC(CNC(=O)c2cc(F)cc(Cl)c2)CC1. The molecule has 1 aromatic carbocycles. The normalized spacial score (nSPS) is 15.8. The molecule has 1 fully saturated rings. The Bertz CT molecular complexity index is 584. The van der Waals surface area contributed by atoms with Crippen molar-refractivity contribution in [2.75, 3.05) is 32.7 Å². The predicted molar refractivity (Wildman–Crippen MR) is 96.2 cm³/mol. The summed E-state index contributed by atoms with van der Waals surface area (Å²) in [6.45, 7) is 5.39. The number of carbonyl (C=O) groups excluding carboxylic acids is 2. The first kappa shape index (κ1) is 19.7. The van der Waals surface area contributed by atoms with Crippen LogP contribution in [0.4, 0.5) is 4.39 Å². The Morgan fingerprint density at radius 3 is 2.60 bits per heavy atom. The topological polar surface area (TPSA) is 61.4 Å². The van der Waals surface area contributed by atoms with Gasteiger partial charge in [0.1, 0.15) is 5.82 Å². The van der Waals surface area contributed by atoms with E-state index in [2.05, 4.69) is 15.5 Å². The highest BCUT2D eigenvalue weighted by Gasteiger charge is 2.21. The van der Waals surface area contributed by atoms with Gasteiger partial charge in [0.05, 0.1) is 6.54 Å². The molecule has 0 aliphatic carbocycles. The van der Waals surface area contributed by atoms with Crippen molar-refractivity contribution in [3.05, 3.63) is 34.6 Å². The van der Waals surface area contributed by atoms with Gasteiger partial charge in [-0.05, 0) is 56.5 Å². The van der Waals surface area contributed by atoms with Gasteiger partial charge >= 0.3 is 0 Å². The maximum absolute atomic E-state index is 13.3. The number of nitrogens with one attached hydrogen (secondary N) is 2. The zero-order valence-electron chi connectivity index (χ0n) is 14.5. The van der Waals surface area contributed by atoms with Crippen LogP contribution < -0.4 is 10.6 Å². The Morgan fingerprint density at radius 2 is 1.96 bits per heavy atom. The average Bonchev–Trinajstić information content (AvgIpc) is 2.58. The second-order valence-corrected chi connectivity index (χ2v) is 6.87. The minimum Gasteiger partial charge on any atom is -0.355 e. The Kier molecular flexibility index (Phi) is 7.65. The van der Waals surface area contributed by atoms with Gasteiger partial charge in [-0.2, -0.15) is 0 Å². The highest BCUT2D eigenvalue weighted by atomic mass is 35.5. The van der Waals surface area contributed by atoms with E-state index in [1.807, 2.05) is 6.92 Å². The molecule has 2 rings (SSSR count). The molecule has 7 heteroatoms. The molecule has 0 bridgehead atoms. The molecular weight excluding hydrogens is 345 g/mol. The second kappa shape index (κ2) is 9.73. The number of hydrogen-bond donors (Lipinski definition) is 2. The molecule has 1 aliphatic rings. The summed E-state index contributed by atoms with van der Waals surface area (Å²) < 4.78 is 13.3. The molecule has 1 heterocycles. The van der Waals surface area contributed by atoms with Crippen LogP contribution in [-0.4, -0.2) is 49.4 Å².